The zero-order valence-electron chi connectivity index (χ0n) is 14.8. The topological polar surface area (TPSA) is 63.9 Å². The highest BCUT2D eigenvalue weighted by Gasteiger charge is 2.34. The summed E-state index contributed by atoms with van der Waals surface area (Å²) in [5.41, 5.74) is 2.51. The van der Waals surface area contributed by atoms with Crippen LogP contribution in [0, 0.1) is 13.8 Å². The highest BCUT2D eigenvalue weighted by Crippen LogP contribution is 2.39. The molecule has 1 fully saturated rings. The van der Waals surface area contributed by atoms with Gasteiger partial charge in [-0.05, 0) is 62.0 Å². The maximum absolute atomic E-state index is 12.9. The third-order valence-corrected chi connectivity index (χ3v) is 5.29. The van der Waals surface area contributed by atoms with Crippen LogP contribution in [0.2, 0.25) is 0 Å². The van der Waals surface area contributed by atoms with Gasteiger partial charge in [0.25, 0.3) is 5.91 Å². The van der Waals surface area contributed by atoms with Crippen LogP contribution in [0.1, 0.15) is 17.0 Å². The number of hydrogen-bond donors (Lipinski definition) is 1. The molecule has 0 spiro atoms. The van der Waals surface area contributed by atoms with Gasteiger partial charge in [-0.2, -0.15) is 5.01 Å². The minimum Gasteiger partial charge on any atom is -0.502 e. The number of carbonyl (C=O) groups excluding carboxylic acids is 1. The van der Waals surface area contributed by atoms with Crippen LogP contribution < -0.4 is 14.5 Å². The van der Waals surface area contributed by atoms with Crippen molar-refractivity contribution in [2.45, 2.75) is 13.8 Å². The number of phenolic OH excluding ortho intramolecular Hbond substituents is 1. The molecule has 136 valence electrons. The van der Waals surface area contributed by atoms with E-state index in [2.05, 4.69) is 0 Å². The third-order valence-electron chi connectivity index (χ3n) is 4.01. The molecule has 0 bridgehead atoms. The molecule has 1 aromatic heterocycles. The lowest BCUT2D eigenvalue weighted by molar-refractivity contribution is -0.114. The molecule has 8 heteroatoms. The van der Waals surface area contributed by atoms with Crippen molar-refractivity contribution in [2.24, 2.45) is 0 Å². The normalized spacial score (nSPS) is 15.8. The lowest BCUT2D eigenvalue weighted by Crippen LogP contribution is -2.39. The standard InChI is InChI=1S/C18H18N2O4S2/c1-10-5-6-11(2)19(10)20-17(22)15(26-18(20)25)9-12-7-13(23-3)16(21)14(8-12)24-4/h5-9,21H,1-4H3/b15-9+. The zero-order valence-corrected chi connectivity index (χ0v) is 16.4. The first-order chi connectivity index (χ1) is 12.4. The van der Waals surface area contributed by atoms with Crippen molar-refractivity contribution >= 4 is 40.3 Å². The summed E-state index contributed by atoms with van der Waals surface area (Å²) in [5, 5.41) is 11.5. The summed E-state index contributed by atoms with van der Waals surface area (Å²) in [7, 11) is 2.91. The fourth-order valence-corrected chi connectivity index (χ4v) is 4.00. The summed E-state index contributed by atoms with van der Waals surface area (Å²) in [6, 6.07) is 7.15. The number of thioether (sulfide) groups is 1. The van der Waals surface area contributed by atoms with Crippen LogP contribution in [0.15, 0.2) is 29.2 Å². The van der Waals surface area contributed by atoms with Crippen LogP contribution in [-0.2, 0) is 4.79 Å². The molecule has 0 saturated carbocycles. The lowest BCUT2D eigenvalue weighted by atomic mass is 10.1. The molecule has 1 aliphatic heterocycles. The molecule has 2 heterocycles. The maximum atomic E-state index is 12.9. The number of phenols is 1. The van der Waals surface area contributed by atoms with Gasteiger partial charge in [-0.3, -0.25) is 9.47 Å². The number of rotatable bonds is 4. The van der Waals surface area contributed by atoms with Crippen LogP contribution in [0.4, 0.5) is 0 Å². The van der Waals surface area contributed by atoms with E-state index in [1.807, 2.05) is 26.0 Å². The highest BCUT2D eigenvalue weighted by molar-refractivity contribution is 8.27. The van der Waals surface area contributed by atoms with Crippen molar-refractivity contribution in [1.29, 1.82) is 0 Å². The number of thiocarbonyl (C=S) groups is 1. The number of aromatic hydroxyl groups is 1. The molecule has 1 saturated heterocycles. The first-order valence-electron chi connectivity index (χ1n) is 7.75. The predicted molar refractivity (Wildman–Crippen MR) is 107 cm³/mol. The second-order valence-electron chi connectivity index (χ2n) is 5.70. The number of aromatic nitrogens is 1. The van der Waals surface area contributed by atoms with Crippen molar-refractivity contribution in [1.82, 2.24) is 4.68 Å². The average molecular weight is 390 g/mol. The Morgan fingerprint density at radius 3 is 2.15 bits per heavy atom. The van der Waals surface area contributed by atoms with Gasteiger partial charge in [0.2, 0.25) is 5.75 Å². The van der Waals surface area contributed by atoms with Crippen LogP contribution in [0.5, 0.6) is 17.2 Å². The minimum atomic E-state index is -0.201. The Bertz CT molecular complexity index is 889. The molecule has 3 rings (SSSR count). The molecule has 1 aromatic carbocycles. The SMILES string of the molecule is COc1cc(/C=C2/SC(=S)N(n3c(C)ccc3C)C2=O)cc(OC)c1O. The van der Waals surface area contributed by atoms with E-state index in [0.717, 1.165) is 11.4 Å². The minimum absolute atomic E-state index is 0.0849. The molecule has 6 nitrogen and oxygen atoms in total. The number of nitrogens with zero attached hydrogens (tertiary/aromatic N) is 2. The monoisotopic (exact) mass is 390 g/mol. The van der Waals surface area contributed by atoms with Gasteiger partial charge in [0.05, 0.1) is 19.1 Å². The Hall–Kier alpha value is -2.45. The zero-order chi connectivity index (χ0) is 19.0. The Labute approximate surface area is 161 Å². The highest BCUT2D eigenvalue weighted by atomic mass is 32.2. The summed E-state index contributed by atoms with van der Waals surface area (Å²) >= 11 is 6.64. The Balaban J connectivity index is 2.01. The molecule has 2 aromatic rings. The maximum Gasteiger partial charge on any atom is 0.285 e. The number of amides is 1. The van der Waals surface area contributed by atoms with Crippen molar-refractivity contribution < 1.29 is 19.4 Å². The Morgan fingerprint density at radius 2 is 1.65 bits per heavy atom. The van der Waals surface area contributed by atoms with E-state index in [4.69, 9.17) is 21.7 Å². The van der Waals surface area contributed by atoms with Crippen molar-refractivity contribution in [3.63, 3.8) is 0 Å². The Morgan fingerprint density at radius 1 is 1.12 bits per heavy atom. The van der Waals surface area contributed by atoms with E-state index in [0.29, 0.717) is 14.8 Å². The first-order valence-corrected chi connectivity index (χ1v) is 8.98. The molecule has 26 heavy (non-hydrogen) atoms. The number of carbonyl (C=O) groups is 1. The van der Waals surface area contributed by atoms with Crippen LogP contribution in [0.25, 0.3) is 6.08 Å². The van der Waals surface area contributed by atoms with Gasteiger partial charge in [0.15, 0.2) is 15.8 Å². The number of aryl methyl sites for hydroxylation is 2. The van der Waals surface area contributed by atoms with Crippen LogP contribution in [-0.4, -0.2) is 34.2 Å². The average Bonchev–Trinajstić information content (AvgIpc) is 3.07. The van der Waals surface area contributed by atoms with Crippen molar-refractivity contribution in [3.8, 4) is 17.2 Å². The van der Waals surface area contributed by atoms with Crippen molar-refractivity contribution in [3.05, 3.63) is 46.1 Å². The first kappa shape index (κ1) is 18.3. The molecule has 0 aliphatic carbocycles. The fourth-order valence-electron chi connectivity index (χ4n) is 2.76. The summed E-state index contributed by atoms with van der Waals surface area (Å²) in [6.45, 7) is 3.84. The van der Waals surface area contributed by atoms with Gasteiger partial charge < -0.3 is 14.6 Å². The molecular weight excluding hydrogens is 372 g/mol. The molecule has 1 N–H and O–H groups in total. The van der Waals surface area contributed by atoms with Gasteiger partial charge in [0, 0.05) is 11.4 Å². The van der Waals surface area contributed by atoms with Gasteiger partial charge in [-0.1, -0.05) is 11.8 Å². The third kappa shape index (κ3) is 3.06. The fraction of sp³-hybridized carbons (Fsp3) is 0.222. The van der Waals surface area contributed by atoms with Crippen molar-refractivity contribution in [2.75, 3.05) is 19.2 Å². The molecule has 0 atom stereocenters. The van der Waals surface area contributed by atoms with E-state index in [1.54, 1.807) is 22.9 Å². The quantitative estimate of drug-likeness (QED) is 0.638. The van der Waals surface area contributed by atoms with E-state index in [-0.39, 0.29) is 23.2 Å². The predicted octanol–water partition coefficient (Wildman–Crippen LogP) is 3.37. The molecular formula is C18H18N2O4S2. The second-order valence-corrected chi connectivity index (χ2v) is 7.37. The largest absolute Gasteiger partial charge is 0.502 e. The molecule has 0 radical (unpaired) electrons. The molecule has 0 unspecified atom stereocenters. The second kappa shape index (κ2) is 7.05. The Kier molecular flexibility index (Phi) is 4.97. The van der Waals surface area contributed by atoms with Gasteiger partial charge in [0.1, 0.15) is 0 Å². The van der Waals surface area contributed by atoms with Crippen LogP contribution in [0.3, 0.4) is 0 Å². The molecule has 1 amide bonds. The van der Waals surface area contributed by atoms with Crippen LogP contribution >= 0.6 is 24.0 Å². The van der Waals surface area contributed by atoms with E-state index in [9.17, 15) is 9.90 Å². The number of methoxy groups -OCH3 is 2. The summed E-state index contributed by atoms with van der Waals surface area (Å²) < 4.78 is 12.6. The van der Waals surface area contributed by atoms with E-state index >= 15 is 0 Å². The van der Waals surface area contributed by atoms with Gasteiger partial charge >= 0.3 is 0 Å². The van der Waals surface area contributed by atoms with Gasteiger partial charge in [-0.25, -0.2) is 0 Å². The molecule has 1 aliphatic rings. The number of hydrogen-bond acceptors (Lipinski definition) is 6. The number of ether oxygens (including phenoxy) is 2. The lowest BCUT2D eigenvalue weighted by Gasteiger charge is -2.20. The van der Waals surface area contributed by atoms with Gasteiger partial charge in [-0.15, -0.1) is 0 Å². The summed E-state index contributed by atoms with van der Waals surface area (Å²) in [5.74, 6) is 0.248. The summed E-state index contributed by atoms with van der Waals surface area (Å²) in [4.78, 5) is 13.4. The van der Waals surface area contributed by atoms with E-state index in [1.165, 1.54) is 31.0 Å². The summed E-state index contributed by atoms with van der Waals surface area (Å²) in [6.07, 6.45) is 1.71. The van der Waals surface area contributed by atoms with E-state index < -0.39 is 0 Å². The number of benzene rings is 1. The smallest absolute Gasteiger partial charge is 0.285 e.